The zero-order chi connectivity index (χ0) is 8.55. The summed E-state index contributed by atoms with van der Waals surface area (Å²) in [5.41, 5.74) is 0. The Labute approximate surface area is 74.0 Å². The van der Waals surface area contributed by atoms with Crippen molar-refractivity contribution in [2.75, 3.05) is 26.2 Å². The van der Waals surface area contributed by atoms with Gasteiger partial charge in [0.05, 0.1) is 12.3 Å². The maximum atomic E-state index is 9.18. The molecule has 0 radical (unpaired) electrons. The Kier molecular flexibility index (Phi) is 2.35. The van der Waals surface area contributed by atoms with Crippen LogP contribution in [0.2, 0.25) is 0 Å². The molecule has 1 atom stereocenters. The molecule has 0 aliphatic carbocycles. The number of rotatable bonds is 2. The first kappa shape index (κ1) is 8.48. The van der Waals surface area contributed by atoms with E-state index >= 15 is 0 Å². The Morgan fingerprint density at radius 1 is 1.42 bits per heavy atom. The minimum Gasteiger partial charge on any atom is -0.390 e. The number of hydrogen-bond donors (Lipinski definition) is 1. The molecule has 2 rings (SSSR count). The van der Waals surface area contributed by atoms with Crippen LogP contribution in [0.3, 0.4) is 0 Å². The Bertz CT molecular complexity index is 157. The van der Waals surface area contributed by atoms with Crippen molar-refractivity contribution in [1.82, 2.24) is 9.80 Å². The highest BCUT2D eigenvalue weighted by Gasteiger charge is 2.35. The molecule has 0 aromatic heterocycles. The van der Waals surface area contributed by atoms with Crippen LogP contribution in [0, 0.1) is 0 Å². The fourth-order valence-electron chi connectivity index (χ4n) is 2.32. The predicted octanol–water partition coefficient (Wildman–Crippen LogP) is 0.105. The molecule has 2 heterocycles. The van der Waals surface area contributed by atoms with Gasteiger partial charge in [0.25, 0.3) is 0 Å². The van der Waals surface area contributed by atoms with Gasteiger partial charge in [-0.2, -0.15) is 0 Å². The van der Waals surface area contributed by atoms with Crippen molar-refractivity contribution in [3.63, 3.8) is 0 Å². The van der Waals surface area contributed by atoms with E-state index in [-0.39, 0.29) is 6.10 Å². The van der Waals surface area contributed by atoms with Gasteiger partial charge in [-0.25, -0.2) is 0 Å². The Morgan fingerprint density at radius 2 is 2.17 bits per heavy atom. The lowest BCUT2D eigenvalue weighted by atomic mass is 10.1. The molecule has 2 saturated heterocycles. The van der Waals surface area contributed by atoms with E-state index in [9.17, 15) is 5.11 Å². The van der Waals surface area contributed by atoms with Gasteiger partial charge in [0.15, 0.2) is 0 Å². The first-order chi connectivity index (χ1) is 5.81. The fraction of sp³-hybridized carbons (Fsp3) is 1.00. The van der Waals surface area contributed by atoms with Gasteiger partial charge < -0.3 is 5.11 Å². The van der Waals surface area contributed by atoms with Crippen LogP contribution in [0.15, 0.2) is 0 Å². The van der Waals surface area contributed by atoms with Crippen molar-refractivity contribution >= 4 is 0 Å². The summed E-state index contributed by atoms with van der Waals surface area (Å²) in [6.07, 6.45) is 3.20. The molecule has 70 valence electrons. The van der Waals surface area contributed by atoms with Crippen molar-refractivity contribution in [3.05, 3.63) is 0 Å². The number of nitrogens with zero attached hydrogens (tertiary/aromatic N) is 2. The van der Waals surface area contributed by atoms with E-state index in [0.717, 1.165) is 19.6 Å². The van der Waals surface area contributed by atoms with Crippen molar-refractivity contribution < 1.29 is 5.11 Å². The average molecular weight is 170 g/mol. The van der Waals surface area contributed by atoms with Crippen LogP contribution < -0.4 is 0 Å². The smallest absolute Gasteiger partial charge is 0.0795 e. The molecule has 0 saturated carbocycles. The first-order valence-corrected chi connectivity index (χ1v) is 4.97. The second-order valence-corrected chi connectivity index (χ2v) is 3.86. The summed E-state index contributed by atoms with van der Waals surface area (Å²) in [5.74, 6) is 0. The van der Waals surface area contributed by atoms with Gasteiger partial charge in [0.1, 0.15) is 0 Å². The number of likely N-dealkylation sites (tertiary alicyclic amines) is 2. The highest BCUT2D eigenvalue weighted by Crippen LogP contribution is 2.24. The molecule has 2 aliphatic heterocycles. The van der Waals surface area contributed by atoms with Crippen molar-refractivity contribution in [1.29, 1.82) is 0 Å². The Morgan fingerprint density at radius 3 is 2.75 bits per heavy atom. The minimum atomic E-state index is -0.0516. The third-order valence-electron chi connectivity index (χ3n) is 3.05. The second kappa shape index (κ2) is 3.32. The topological polar surface area (TPSA) is 26.7 Å². The maximum absolute atomic E-state index is 9.18. The van der Waals surface area contributed by atoms with Crippen molar-refractivity contribution in [2.24, 2.45) is 0 Å². The molecule has 3 heteroatoms. The van der Waals surface area contributed by atoms with Gasteiger partial charge in [-0.3, -0.25) is 9.80 Å². The molecule has 2 fully saturated rings. The van der Waals surface area contributed by atoms with Crippen LogP contribution >= 0.6 is 0 Å². The fourth-order valence-corrected chi connectivity index (χ4v) is 2.32. The zero-order valence-corrected chi connectivity index (χ0v) is 7.74. The quantitative estimate of drug-likeness (QED) is 0.637. The minimum absolute atomic E-state index is 0.0516. The van der Waals surface area contributed by atoms with Crippen LogP contribution in [0.25, 0.3) is 0 Å². The summed E-state index contributed by atoms with van der Waals surface area (Å²) in [7, 11) is 0. The van der Waals surface area contributed by atoms with E-state index in [2.05, 4.69) is 16.7 Å². The number of hydrogen-bond acceptors (Lipinski definition) is 3. The summed E-state index contributed by atoms with van der Waals surface area (Å²) < 4.78 is 0. The Balaban J connectivity index is 1.86. The van der Waals surface area contributed by atoms with E-state index in [1.807, 2.05) is 0 Å². The molecular weight excluding hydrogens is 152 g/mol. The molecule has 12 heavy (non-hydrogen) atoms. The maximum Gasteiger partial charge on any atom is 0.0795 e. The summed E-state index contributed by atoms with van der Waals surface area (Å²) in [6.45, 7) is 6.39. The lowest BCUT2D eigenvalue weighted by Crippen LogP contribution is -2.58. The van der Waals surface area contributed by atoms with Crippen LogP contribution in [-0.2, 0) is 0 Å². The SMILES string of the molecule is CCN1CCCC1N1CC(O)C1. The van der Waals surface area contributed by atoms with Gasteiger partial charge in [-0.1, -0.05) is 6.92 Å². The largest absolute Gasteiger partial charge is 0.390 e. The van der Waals surface area contributed by atoms with Gasteiger partial charge in [-0.15, -0.1) is 0 Å². The molecule has 1 N–H and O–H groups in total. The molecule has 0 spiro atoms. The molecule has 0 bridgehead atoms. The van der Waals surface area contributed by atoms with Crippen molar-refractivity contribution in [2.45, 2.75) is 32.0 Å². The van der Waals surface area contributed by atoms with Gasteiger partial charge in [0.2, 0.25) is 0 Å². The van der Waals surface area contributed by atoms with Crippen LogP contribution in [0.5, 0.6) is 0 Å². The second-order valence-electron chi connectivity index (χ2n) is 3.86. The van der Waals surface area contributed by atoms with E-state index in [0.29, 0.717) is 6.17 Å². The highest BCUT2D eigenvalue weighted by molar-refractivity contribution is 4.87. The van der Waals surface area contributed by atoms with Gasteiger partial charge in [0, 0.05) is 13.1 Å². The number of β-amino-alcohol motifs (C(OH)–C–C–N with tert-alkyl or cyclic N) is 1. The van der Waals surface area contributed by atoms with E-state index in [1.165, 1.54) is 19.4 Å². The van der Waals surface area contributed by atoms with E-state index in [1.54, 1.807) is 0 Å². The molecule has 0 amide bonds. The zero-order valence-electron chi connectivity index (χ0n) is 7.74. The number of aliphatic hydroxyl groups is 1. The summed E-state index contributed by atoms with van der Waals surface area (Å²) in [6, 6.07) is 0. The van der Waals surface area contributed by atoms with Crippen molar-refractivity contribution in [3.8, 4) is 0 Å². The summed E-state index contributed by atoms with van der Waals surface area (Å²) in [4.78, 5) is 4.90. The third-order valence-corrected chi connectivity index (χ3v) is 3.05. The van der Waals surface area contributed by atoms with Gasteiger partial charge in [-0.05, 0) is 25.9 Å². The molecule has 2 aliphatic rings. The average Bonchev–Trinajstić information content (AvgIpc) is 2.45. The molecule has 0 aromatic rings. The van der Waals surface area contributed by atoms with Crippen LogP contribution in [0.1, 0.15) is 19.8 Å². The lowest BCUT2D eigenvalue weighted by Gasteiger charge is -2.43. The van der Waals surface area contributed by atoms with Gasteiger partial charge >= 0.3 is 0 Å². The van der Waals surface area contributed by atoms with Crippen LogP contribution in [0.4, 0.5) is 0 Å². The lowest BCUT2D eigenvalue weighted by molar-refractivity contribution is -0.0602. The molecule has 1 unspecified atom stereocenters. The van der Waals surface area contributed by atoms with E-state index < -0.39 is 0 Å². The predicted molar refractivity (Wildman–Crippen MR) is 47.8 cm³/mol. The Hall–Kier alpha value is -0.120. The normalized spacial score (nSPS) is 34.0. The molecular formula is C9H18N2O. The van der Waals surface area contributed by atoms with Crippen LogP contribution in [-0.4, -0.2) is 53.4 Å². The molecule has 3 nitrogen and oxygen atoms in total. The monoisotopic (exact) mass is 170 g/mol. The highest BCUT2D eigenvalue weighted by atomic mass is 16.3. The summed E-state index contributed by atoms with van der Waals surface area (Å²) in [5, 5.41) is 9.18. The van der Waals surface area contributed by atoms with E-state index in [4.69, 9.17) is 0 Å². The standard InChI is InChI=1S/C9H18N2O/c1-2-10-5-3-4-9(10)11-6-8(12)7-11/h8-9,12H,2-7H2,1H3. The molecule has 0 aromatic carbocycles. The summed E-state index contributed by atoms with van der Waals surface area (Å²) >= 11 is 0. The first-order valence-electron chi connectivity index (χ1n) is 4.97. The third kappa shape index (κ3) is 1.37. The number of aliphatic hydroxyl groups excluding tert-OH is 1.